The fraction of sp³-hybridized carbons (Fsp3) is 1.00. The molecule has 1 saturated carbocycles. The standard InChI is InChI=1S/C12H24N2/c1-10(2)12-9-14(8-7-13-12)11-5-3-4-6-11/h10-13H,3-9H2,1-2H3. The molecule has 2 rings (SSSR count). The average molecular weight is 196 g/mol. The van der Waals surface area contributed by atoms with E-state index in [2.05, 4.69) is 24.1 Å². The highest BCUT2D eigenvalue weighted by atomic mass is 15.2. The van der Waals surface area contributed by atoms with Crippen LogP contribution in [0.2, 0.25) is 0 Å². The van der Waals surface area contributed by atoms with Crippen molar-refractivity contribution < 1.29 is 0 Å². The number of rotatable bonds is 2. The molecular weight excluding hydrogens is 172 g/mol. The van der Waals surface area contributed by atoms with Crippen LogP contribution < -0.4 is 5.32 Å². The Kier molecular flexibility index (Phi) is 3.45. The van der Waals surface area contributed by atoms with Gasteiger partial charge in [0.1, 0.15) is 0 Å². The molecule has 1 unspecified atom stereocenters. The molecule has 1 atom stereocenters. The van der Waals surface area contributed by atoms with E-state index < -0.39 is 0 Å². The SMILES string of the molecule is CC(C)C1CN(C2CCCC2)CCN1. The second-order valence-corrected chi connectivity index (χ2v) is 5.24. The summed E-state index contributed by atoms with van der Waals surface area (Å²) in [6.07, 6.45) is 5.82. The van der Waals surface area contributed by atoms with Crippen molar-refractivity contribution in [3.63, 3.8) is 0 Å². The molecule has 0 radical (unpaired) electrons. The first-order valence-corrected chi connectivity index (χ1v) is 6.25. The third-order valence-corrected chi connectivity index (χ3v) is 3.88. The maximum absolute atomic E-state index is 3.63. The van der Waals surface area contributed by atoms with E-state index in [4.69, 9.17) is 0 Å². The van der Waals surface area contributed by atoms with Crippen LogP contribution >= 0.6 is 0 Å². The lowest BCUT2D eigenvalue weighted by atomic mass is 10.0. The maximum atomic E-state index is 3.63. The zero-order chi connectivity index (χ0) is 9.97. The molecule has 0 bridgehead atoms. The second kappa shape index (κ2) is 4.63. The first-order valence-electron chi connectivity index (χ1n) is 6.25. The van der Waals surface area contributed by atoms with Crippen LogP contribution in [0.1, 0.15) is 39.5 Å². The van der Waals surface area contributed by atoms with Crippen molar-refractivity contribution in [1.82, 2.24) is 10.2 Å². The summed E-state index contributed by atoms with van der Waals surface area (Å²) < 4.78 is 0. The normalized spacial score (nSPS) is 31.5. The van der Waals surface area contributed by atoms with Gasteiger partial charge in [0.05, 0.1) is 0 Å². The highest BCUT2D eigenvalue weighted by Gasteiger charge is 2.28. The third kappa shape index (κ3) is 2.29. The molecule has 1 aliphatic heterocycles. The van der Waals surface area contributed by atoms with Gasteiger partial charge in [0.15, 0.2) is 0 Å². The molecule has 0 amide bonds. The fourth-order valence-corrected chi connectivity index (χ4v) is 2.85. The number of nitrogens with one attached hydrogen (secondary N) is 1. The monoisotopic (exact) mass is 196 g/mol. The zero-order valence-corrected chi connectivity index (χ0v) is 9.63. The van der Waals surface area contributed by atoms with Gasteiger partial charge in [0.2, 0.25) is 0 Å². The molecule has 1 aliphatic carbocycles. The Morgan fingerprint density at radius 2 is 1.93 bits per heavy atom. The molecule has 2 nitrogen and oxygen atoms in total. The number of nitrogens with zero attached hydrogens (tertiary/aromatic N) is 1. The van der Waals surface area contributed by atoms with E-state index in [0.717, 1.165) is 18.0 Å². The van der Waals surface area contributed by atoms with Gasteiger partial charge in [0, 0.05) is 31.7 Å². The van der Waals surface area contributed by atoms with Crippen molar-refractivity contribution in [1.29, 1.82) is 0 Å². The summed E-state index contributed by atoms with van der Waals surface area (Å²) in [5.41, 5.74) is 0. The fourth-order valence-electron chi connectivity index (χ4n) is 2.85. The maximum Gasteiger partial charge on any atom is 0.0218 e. The van der Waals surface area contributed by atoms with Gasteiger partial charge in [-0.3, -0.25) is 4.90 Å². The molecule has 2 aliphatic rings. The molecule has 1 heterocycles. The molecule has 0 aromatic carbocycles. The predicted molar refractivity (Wildman–Crippen MR) is 60.5 cm³/mol. The summed E-state index contributed by atoms with van der Waals surface area (Å²) in [5.74, 6) is 0.777. The van der Waals surface area contributed by atoms with Crippen molar-refractivity contribution >= 4 is 0 Å². The Labute approximate surface area is 88.1 Å². The largest absolute Gasteiger partial charge is 0.311 e. The Bertz CT molecular complexity index is 173. The van der Waals surface area contributed by atoms with E-state index in [1.54, 1.807) is 0 Å². The number of hydrogen-bond donors (Lipinski definition) is 1. The average Bonchev–Trinajstić information content (AvgIpc) is 2.71. The molecule has 82 valence electrons. The lowest BCUT2D eigenvalue weighted by Gasteiger charge is -2.39. The van der Waals surface area contributed by atoms with E-state index in [9.17, 15) is 0 Å². The number of hydrogen-bond acceptors (Lipinski definition) is 2. The quantitative estimate of drug-likeness (QED) is 0.725. The summed E-state index contributed by atoms with van der Waals surface area (Å²) in [6.45, 7) is 8.40. The molecular formula is C12H24N2. The lowest BCUT2D eigenvalue weighted by Crippen LogP contribution is -2.55. The van der Waals surface area contributed by atoms with Gasteiger partial charge < -0.3 is 5.32 Å². The minimum atomic E-state index is 0.726. The molecule has 2 fully saturated rings. The van der Waals surface area contributed by atoms with Crippen molar-refractivity contribution in [3.8, 4) is 0 Å². The summed E-state index contributed by atoms with van der Waals surface area (Å²) in [5, 5.41) is 3.63. The predicted octanol–water partition coefficient (Wildman–Crippen LogP) is 1.86. The van der Waals surface area contributed by atoms with Crippen LogP contribution in [0.15, 0.2) is 0 Å². The van der Waals surface area contributed by atoms with E-state index >= 15 is 0 Å². The van der Waals surface area contributed by atoms with Crippen LogP contribution in [-0.4, -0.2) is 36.6 Å². The van der Waals surface area contributed by atoms with Crippen molar-refractivity contribution in [2.75, 3.05) is 19.6 Å². The summed E-state index contributed by atoms with van der Waals surface area (Å²) in [6, 6.07) is 1.64. The first kappa shape index (κ1) is 10.4. The van der Waals surface area contributed by atoms with Gasteiger partial charge in [0.25, 0.3) is 0 Å². The van der Waals surface area contributed by atoms with Crippen LogP contribution in [0.5, 0.6) is 0 Å². The third-order valence-electron chi connectivity index (χ3n) is 3.88. The second-order valence-electron chi connectivity index (χ2n) is 5.24. The minimum absolute atomic E-state index is 0.726. The Morgan fingerprint density at radius 1 is 1.21 bits per heavy atom. The van der Waals surface area contributed by atoms with E-state index in [1.165, 1.54) is 45.3 Å². The molecule has 2 heteroatoms. The topological polar surface area (TPSA) is 15.3 Å². The van der Waals surface area contributed by atoms with Gasteiger partial charge in [-0.05, 0) is 18.8 Å². The zero-order valence-electron chi connectivity index (χ0n) is 9.63. The number of piperazine rings is 1. The van der Waals surface area contributed by atoms with E-state index in [0.29, 0.717) is 0 Å². The molecule has 1 saturated heterocycles. The summed E-state index contributed by atoms with van der Waals surface area (Å²) in [7, 11) is 0. The van der Waals surface area contributed by atoms with Crippen molar-refractivity contribution in [3.05, 3.63) is 0 Å². The molecule has 1 N–H and O–H groups in total. The molecule has 0 aromatic heterocycles. The van der Waals surface area contributed by atoms with Gasteiger partial charge >= 0.3 is 0 Å². The van der Waals surface area contributed by atoms with Gasteiger partial charge in [-0.2, -0.15) is 0 Å². The van der Waals surface area contributed by atoms with Crippen LogP contribution in [0.3, 0.4) is 0 Å². The van der Waals surface area contributed by atoms with Gasteiger partial charge in [-0.25, -0.2) is 0 Å². The Balaban J connectivity index is 1.86. The van der Waals surface area contributed by atoms with Crippen molar-refractivity contribution in [2.45, 2.75) is 51.6 Å². The smallest absolute Gasteiger partial charge is 0.0218 e. The highest BCUT2D eigenvalue weighted by molar-refractivity contribution is 4.86. The Morgan fingerprint density at radius 3 is 2.57 bits per heavy atom. The van der Waals surface area contributed by atoms with Crippen LogP contribution in [0.25, 0.3) is 0 Å². The van der Waals surface area contributed by atoms with Crippen LogP contribution in [-0.2, 0) is 0 Å². The van der Waals surface area contributed by atoms with E-state index in [-0.39, 0.29) is 0 Å². The molecule has 0 aromatic rings. The molecule has 0 spiro atoms. The van der Waals surface area contributed by atoms with Crippen molar-refractivity contribution in [2.24, 2.45) is 5.92 Å². The minimum Gasteiger partial charge on any atom is -0.311 e. The highest BCUT2D eigenvalue weighted by Crippen LogP contribution is 2.24. The lowest BCUT2D eigenvalue weighted by molar-refractivity contribution is 0.128. The molecule has 14 heavy (non-hydrogen) atoms. The van der Waals surface area contributed by atoms with Crippen LogP contribution in [0.4, 0.5) is 0 Å². The van der Waals surface area contributed by atoms with Crippen LogP contribution in [0, 0.1) is 5.92 Å². The summed E-state index contributed by atoms with van der Waals surface area (Å²) in [4.78, 5) is 2.73. The summed E-state index contributed by atoms with van der Waals surface area (Å²) >= 11 is 0. The van der Waals surface area contributed by atoms with Gasteiger partial charge in [-0.15, -0.1) is 0 Å². The van der Waals surface area contributed by atoms with E-state index in [1.807, 2.05) is 0 Å². The first-order chi connectivity index (χ1) is 6.77. The van der Waals surface area contributed by atoms with Gasteiger partial charge in [-0.1, -0.05) is 26.7 Å². The Hall–Kier alpha value is -0.0800.